The minimum absolute atomic E-state index is 0.0649. The van der Waals surface area contributed by atoms with Gasteiger partial charge in [-0.05, 0) is 18.1 Å². The van der Waals surface area contributed by atoms with Crippen molar-refractivity contribution in [2.75, 3.05) is 0 Å². The van der Waals surface area contributed by atoms with Gasteiger partial charge in [-0.3, -0.25) is 9.36 Å². The predicted molar refractivity (Wildman–Crippen MR) is 82.8 cm³/mol. The Morgan fingerprint density at radius 2 is 1.92 bits per heavy atom. The molecule has 2 rings (SSSR count). The summed E-state index contributed by atoms with van der Waals surface area (Å²) in [4.78, 5) is 24.2. The number of hydrogen-bond donors (Lipinski definition) is 1. The quantitative estimate of drug-likeness (QED) is 0.660. The Labute approximate surface area is 143 Å². The highest BCUT2D eigenvalue weighted by atomic mass is 35.5. The number of aromatic nitrogens is 2. The molecule has 0 atom stereocenters. The van der Waals surface area contributed by atoms with E-state index in [2.05, 4.69) is 6.58 Å². The van der Waals surface area contributed by atoms with Crippen LogP contribution in [0, 0.1) is 5.82 Å². The maximum Gasteiger partial charge on any atom is 0.431 e. The van der Waals surface area contributed by atoms with E-state index in [9.17, 15) is 32.3 Å². The van der Waals surface area contributed by atoms with E-state index < -0.39 is 40.4 Å². The van der Waals surface area contributed by atoms with Crippen molar-refractivity contribution in [2.24, 2.45) is 7.05 Å². The number of nitrogens with zero attached hydrogens (tertiary/aromatic N) is 2. The lowest BCUT2D eigenvalue weighted by Gasteiger charge is -2.16. The Morgan fingerprint density at radius 1 is 1.32 bits per heavy atom. The van der Waals surface area contributed by atoms with Crippen LogP contribution < -0.4 is 11.2 Å². The maximum absolute atomic E-state index is 14.3. The third kappa shape index (κ3) is 3.19. The second-order valence-electron chi connectivity index (χ2n) is 5.07. The van der Waals surface area contributed by atoms with E-state index in [4.69, 9.17) is 11.6 Å². The lowest BCUT2D eigenvalue weighted by Crippen LogP contribution is -2.41. The summed E-state index contributed by atoms with van der Waals surface area (Å²) < 4.78 is 53.2. The summed E-state index contributed by atoms with van der Waals surface area (Å²) in [5.41, 5.74) is -4.88. The van der Waals surface area contributed by atoms with Gasteiger partial charge >= 0.3 is 11.9 Å². The van der Waals surface area contributed by atoms with Crippen molar-refractivity contribution >= 4 is 11.6 Å². The molecule has 0 fully saturated rings. The van der Waals surface area contributed by atoms with Gasteiger partial charge in [-0.25, -0.2) is 13.8 Å². The van der Waals surface area contributed by atoms with Crippen LogP contribution in [0.2, 0.25) is 5.02 Å². The average Bonchev–Trinajstić information content (AvgIpc) is 2.52. The van der Waals surface area contributed by atoms with E-state index in [1.54, 1.807) is 0 Å². The van der Waals surface area contributed by atoms with Gasteiger partial charge in [0, 0.05) is 13.1 Å². The SMILES string of the molecule is C=CCc1cc(-n2c(=O)cc(C(F)(F)F)n(C)c2=O)c(F)c(O)c1Cl. The maximum atomic E-state index is 14.3. The molecule has 0 radical (unpaired) electrons. The predicted octanol–water partition coefficient (Wildman–Crippen LogP) is 2.78. The first-order valence-corrected chi connectivity index (χ1v) is 7.09. The van der Waals surface area contributed by atoms with Crippen LogP contribution in [0.4, 0.5) is 17.6 Å². The first-order chi connectivity index (χ1) is 11.5. The van der Waals surface area contributed by atoms with Crippen LogP contribution in [0.25, 0.3) is 5.69 Å². The second-order valence-corrected chi connectivity index (χ2v) is 5.44. The van der Waals surface area contributed by atoms with Crippen LogP contribution in [0.15, 0.2) is 34.4 Å². The largest absolute Gasteiger partial charge is 0.504 e. The Balaban J connectivity index is 2.89. The van der Waals surface area contributed by atoms with Crippen molar-refractivity contribution in [1.82, 2.24) is 9.13 Å². The van der Waals surface area contributed by atoms with Crippen molar-refractivity contribution in [1.29, 1.82) is 0 Å². The number of allylic oxidation sites excluding steroid dienone is 1. The van der Waals surface area contributed by atoms with E-state index in [0.29, 0.717) is 0 Å². The number of aromatic hydroxyl groups is 1. The Kier molecular flexibility index (Phi) is 4.81. The molecule has 1 aromatic carbocycles. The molecular formula is C15H11ClF4N2O3. The second kappa shape index (κ2) is 6.40. The molecule has 0 aliphatic rings. The fourth-order valence-electron chi connectivity index (χ4n) is 2.25. The molecule has 0 bridgehead atoms. The van der Waals surface area contributed by atoms with Gasteiger partial charge in [-0.1, -0.05) is 17.7 Å². The average molecular weight is 379 g/mol. The van der Waals surface area contributed by atoms with Gasteiger partial charge in [0.25, 0.3) is 5.56 Å². The van der Waals surface area contributed by atoms with Crippen LogP contribution in [0.5, 0.6) is 5.75 Å². The molecule has 134 valence electrons. The lowest BCUT2D eigenvalue weighted by molar-refractivity contribution is -0.144. The molecule has 1 heterocycles. The third-order valence-electron chi connectivity index (χ3n) is 3.45. The highest BCUT2D eigenvalue weighted by Gasteiger charge is 2.35. The number of halogens is 5. The van der Waals surface area contributed by atoms with Crippen molar-refractivity contribution in [3.8, 4) is 11.4 Å². The summed E-state index contributed by atoms with van der Waals surface area (Å²) in [5.74, 6) is -2.43. The van der Waals surface area contributed by atoms with Gasteiger partial charge in [0.15, 0.2) is 11.6 Å². The van der Waals surface area contributed by atoms with Crippen molar-refractivity contribution < 1.29 is 22.7 Å². The summed E-state index contributed by atoms with van der Waals surface area (Å²) in [6.07, 6.45) is -3.51. The topological polar surface area (TPSA) is 64.2 Å². The Bertz CT molecular complexity index is 977. The number of rotatable bonds is 3. The molecule has 0 unspecified atom stereocenters. The fourth-order valence-corrected chi connectivity index (χ4v) is 2.46. The molecule has 10 heteroatoms. The molecule has 0 amide bonds. The molecular weight excluding hydrogens is 368 g/mol. The van der Waals surface area contributed by atoms with Crippen LogP contribution in [0.3, 0.4) is 0 Å². The third-order valence-corrected chi connectivity index (χ3v) is 3.87. The molecule has 1 aromatic heterocycles. The number of phenols is 1. The monoisotopic (exact) mass is 378 g/mol. The molecule has 0 saturated heterocycles. The number of phenolic OH excluding ortho intramolecular Hbond substituents is 1. The van der Waals surface area contributed by atoms with Gasteiger partial charge < -0.3 is 5.11 Å². The molecule has 1 N–H and O–H groups in total. The van der Waals surface area contributed by atoms with Crippen LogP contribution >= 0.6 is 11.6 Å². The minimum Gasteiger partial charge on any atom is -0.504 e. The first-order valence-electron chi connectivity index (χ1n) is 6.72. The van der Waals surface area contributed by atoms with Crippen LogP contribution in [0.1, 0.15) is 11.3 Å². The van der Waals surface area contributed by atoms with Gasteiger partial charge in [0.05, 0.1) is 10.7 Å². The van der Waals surface area contributed by atoms with E-state index in [0.717, 1.165) is 13.1 Å². The molecule has 0 spiro atoms. The highest BCUT2D eigenvalue weighted by Crippen LogP contribution is 2.34. The van der Waals surface area contributed by atoms with E-state index >= 15 is 0 Å². The number of alkyl halides is 3. The number of benzene rings is 1. The van der Waals surface area contributed by atoms with Crippen molar-refractivity contribution in [3.63, 3.8) is 0 Å². The van der Waals surface area contributed by atoms with Gasteiger partial charge in [-0.2, -0.15) is 13.2 Å². The molecule has 2 aromatic rings. The molecule has 5 nitrogen and oxygen atoms in total. The molecule has 0 aliphatic heterocycles. The van der Waals surface area contributed by atoms with E-state index in [-0.39, 0.29) is 32.2 Å². The van der Waals surface area contributed by atoms with Crippen molar-refractivity contribution in [3.05, 3.63) is 67.7 Å². The van der Waals surface area contributed by atoms with Crippen molar-refractivity contribution in [2.45, 2.75) is 12.6 Å². The van der Waals surface area contributed by atoms with Gasteiger partial charge in [-0.15, -0.1) is 6.58 Å². The van der Waals surface area contributed by atoms with Crippen LogP contribution in [-0.2, 0) is 19.6 Å². The Hall–Kier alpha value is -2.55. The number of hydrogen-bond acceptors (Lipinski definition) is 3. The standard InChI is InChI=1S/C15H11ClF4N2O3/c1-3-4-7-5-8(12(17)13(24)11(7)16)22-10(23)6-9(15(18,19)20)21(2)14(22)25/h3,5-6,24H,1,4H2,2H3. The molecule has 0 aliphatic carbocycles. The molecule has 25 heavy (non-hydrogen) atoms. The smallest absolute Gasteiger partial charge is 0.431 e. The lowest BCUT2D eigenvalue weighted by atomic mass is 10.1. The fraction of sp³-hybridized carbons (Fsp3) is 0.200. The summed E-state index contributed by atoms with van der Waals surface area (Å²) in [5, 5.41) is 9.40. The van der Waals surface area contributed by atoms with Gasteiger partial charge in [0.1, 0.15) is 5.69 Å². The molecule has 0 saturated carbocycles. The van der Waals surface area contributed by atoms with Crippen LogP contribution in [-0.4, -0.2) is 14.2 Å². The Morgan fingerprint density at radius 3 is 2.44 bits per heavy atom. The highest BCUT2D eigenvalue weighted by molar-refractivity contribution is 6.32. The summed E-state index contributed by atoms with van der Waals surface area (Å²) in [6, 6.07) is 1.16. The van der Waals surface area contributed by atoms with Gasteiger partial charge in [0.2, 0.25) is 0 Å². The van der Waals surface area contributed by atoms with E-state index in [1.165, 1.54) is 6.08 Å². The zero-order valence-electron chi connectivity index (χ0n) is 12.7. The zero-order chi connectivity index (χ0) is 19.1. The minimum atomic E-state index is -4.94. The zero-order valence-corrected chi connectivity index (χ0v) is 13.5. The van der Waals surface area contributed by atoms with E-state index in [1.807, 2.05) is 0 Å². The normalized spacial score (nSPS) is 11.6. The summed E-state index contributed by atoms with van der Waals surface area (Å²) >= 11 is 5.78. The summed E-state index contributed by atoms with van der Waals surface area (Å²) in [7, 11) is 0.791. The summed E-state index contributed by atoms with van der Waals surface area (Å²) in [6.45, 7) is 3.45. The first kappa shape index (κ1) is 18.8.